The van der Waals surface area contributed by atoms with Gasteiger partial charge in [0.05, 0.1) is 48.8 Å². The number of carbonyl (C=O) groups is 2. The van der Waals surface area contributed by atoms with Gasteiger partial charge in [0, 0.05) is 106 Å². The highest BCUT2D eigenvalue weighted by Gasteiger charge is 2.33. The lowest BCUT2D eigenvalue weighted by atomic mass is 9.64. The number of pyridine rings is 2. The number of fused-ring (bicyclic) bond motifs is 4. The highest BCUT2D eigenvalue weighted by atomic mass is 19.1. The van der Waals surface area contributed by atoms with E-state index in [0.717, 1.165) is 89.1 Å². The number of hydrogen-bond donors (Lipinski definition) is 3. The number of benzene rings is 4. The Kier molecular flexibility index (Phi) is 15.8. The van der Waals surface area contributed by atoms with Gasteiger partial charge in [-0.25, -0.2) is 18.4 Å². The summed E-state index contributed by atoms with van der Waals surface area (Å²) in [4.78, 5) is 57.3. The minimum absolute atomic E-state index is 0. The Morgan fingerprint density at radius 2 is 1.17 bits per heavy atom. The third kappa shape index (κ3) is 11.3. The number of carboxylic acid groups (broad SMARTS) is 2. The quantitative estimate of drug-likeness (QED) is 0.0786. The molecule has 0 amide bonds. The molecule has 4 aromatic carbocycles. The van der Waals surface area contributed by atoms with Crippen molar-refractivity contribution in [3.63, 3.8) is 0 Å². The van der Waals surface area contributed by atoms with Crippen molar-refractivity contribution in [3.8, 4) is 11.5 Å². The van der Waals surface area contributed by atoms with Crippen LogP contribution in [0.5, 0.6) is 11.5 Å². The molecule has 0 spiro atoms. The molecule has 21 heteroatoms. The summed E-state index contributed by atoms with van der Waals surface area (Å²) in [6.45, 7) is 11.9. The van der Waals surface area contributed by atoms with E-state index in [1.807, 2.05) is 43.2 Å². The number of aromatic nitrogens is 2. The zero-order valence-corrected chi connectivity index (χ0v) is 42.4. The van der Waals surface area contributed by atoms with Crippen molar-refractivity contribution in [3.05, 3.63) is 127 Å². The lowest BCUT2D eigenvalue weighted by Crippen LogP contribution is -2.47. The maximum Gasteiger partial charge on any atom is 0.495 e. The molecule has 404 valence electrons. The van der Waals surface area contributed by atoms with Gasteiger partial charge in [-0.05, 0) is 97.6 Å². The molecule has 2 aliphatic carbocycles. The molecule has 2 aromatic heterocycles. The largest absolute Gasteiger partial charge is 0.495 e. The molecule has 77 heavy (non-hydrogen) atoms. The van der Waals surface area contributed by atoms with Gasteiger partial charge in [0.25, 0.3) is 0 Å². The van der Waals surface area contributed by atoms with Gasteiger partial charge in [-0.3, -0.25) is 19.4 Å². The first-order valence-corrected chi connectivity index (χ1v) is 26.4. The van der Waals surface area contributed by atoms with Gasteiger partial charge in [-0.1, -0.05) is 32.4 Å². The molecule has 6 aliphatic rings. The summed E-state index contributed by atoms with van der Waals surface area (Å²) in [5, 5.41) is 29.2. The molecule has 0 unspecified atom stereocenters. The normalized spacial score (nSPS) is 17.5. The molecule has 3 N–H and O–H groups in total. The number of anilines is 2. The molecule has 12 rings (SSSR count). The van der Waals surface area contributed by atoms with Gasteiger partial charge >= 0.3 is 26.0 Å². The molecule has 2 saturated heterocycles. The Bertz CT molecular complexity index is 3340. The topological polar surface area (TPSA) is 189 Å². The Labute approximate surface area is 445 Å². The average molecular weight is 1060 g/mol. The molecule has 2 saturated carbocycles. The summed E-state index contributed by atoms with van der Waals surface area (Å²) in [6.07, 6.45) is 8.20. The monoisotopic (exact) mass is 1060 g/mol. The van der Waals surface area contributed by atoms with Gasteiger partial charge in [-0.2, -0.15) is 0 Å². The van der Waals surface area contributed by atoms with E-state index < -0.39 is 41.5 Å². The average Bonchev–Trinajstić information content (AvgIpc) is 4.38. The second-order valence-electron chi connectivity index (χ2n) is 20.6. The van der Waals surface area contributed by atoms with Crippen molar-refractivity contribution in [2.45, 2.75) is 78.1 Å². The SMILES string of the molecule is C.CB1OCc2ccc(OCCCN3CCN(c4cc5c(cc4F)c(=O)c(C(=O)O)cn5C4CC4)CC3)cc21.O=C(O)c1cn(C2CC2)c2cc(N3CCN(CCCOc4cccc5c4B(O)OC5)CC3)c(F)cc2c1=O. The van der Waals surface area contributed by atoms with Crippen LogP contribution in [0, 0.1) is 11.6 Å². The van der Waals surface area contributed by atoms with E-state index in [2.05, 4.69) is 28.8 Å². The zero-order chi connectivity index (χ0) is 52.8. The number of aromatic carboxylic acids is 2. The van der Waals surface area contributed by atoms with Crippen LogP contribution in [0.15, 0.2) is 82.6 Å². The van der Waals surface area contributed by atoms with Gasteiger partial charge < -0.3 is 53.0 Å². The summed E-state index contributed by atoms with van der Waals surface area (Å²) in [6, 6.07) is 18.0. The molecule has 0 atom stereocenters. The summed E-state index contributed by atoms with van der Waals surface area (Å²) in [7, 11) is -0.942. The minimum atomic E-state index is -1.29. The Hall–Kier alpha value is -6.77. The first-order valence-electron chi connectivity index (χ1n) is 26.4. The Morgan fingerprint density at radius 1 is 0.662 bits per heavy atom. The second kappa shape index (κ2) is 22.7. The van der Waals surface area contributed by atoms with Gasteiger partial charge in [0.15, 0.2) is 0 Å². The predicted octanol–water partition coefficient (Wildman–Crippen LogP) is 5.74. The van der Waals surface area contributed by atoms with E-state index in [1.54, 1.807) is 12.1 Å². The van der Waals surface area contributed by atoms with Crippen molar-refractivity contribution in [2.75, 3.05) is 88.5 Å². The number of rotatable bonds is 16. The lowest BCUT2D eigenvalue weighted by Gasteiger charge is -2.36. The van der Waals surface area contributed by atoms with Crippen LogP contribution in [0.1, 0.15) is 89.9 Å². The summed E-state index contributed by atoms with van der Waals surface area (Å²) < 4.78 is 56.9. The molecular formula is C56H64B2F2N6O11. The number of ether oxygens (including phenoxy) is 2. The van der Waals surface area contributed by atoms with Crippen LogP contribution in [0.4, 0.5) is 20.2 Å². The van der Waals surface area contributed by atoms with Gasteiger partial charge in [-0.15, -0.1) is 0 Å². The number of hydrogen-bond acceptors (Lipinski definition) is 13. The van der Waals surface area contributed by atoms with E-state index in [9.17, 15) is 34.4 Å². The van der Waals surface area contributed by atoms with E-state index in [0.29, 0.717) is 86.2 Å². The standard InChI is InChI=1S/C28H31BFN3O5.C27H29BFN3O6.CH4/c1-29-23-13-20(6-3-18(23)17-38-29)37-12-2-7-31-8-10-32(11-9-31)26-15-25-21(14-24(26)30)27(34)22(28(35)36)16-33(25)19-4-5-19;29-21-13-19-22(32(18-5-6-18)15-20(26(19)33)27(34)35)14-23(21)31-10-8-30(9-11-31)7-2-12-37-24-4-1-3-17-16-38-28(36)25(17)24;/h3,6,13-16,19H,2,4-5,7-12,17H2,1H3,(H,35,36);1,3-4,13-15,18,36H,2,5-12,16H2,(H,34,35);1H4. The maximum atomic E-state index is 15.2. The van der Waals surface area contributed by atoms with Crippen molar-refractivity contribution >= 4 is 70.1 Å². The molecule has 0 radical (unpaired) electrons. The van der Waals surface area contributed by atoms with Crippen LogP contribution < -0.4 is 41.1 Å². The molecule has 0 bridgehead atoms. The van der Waals surface area contributed by atoms with Crippen molar-refractivity contribution in [1.82, 2.24) is 18.9 Å². The molecule has 6 heterocycles. The van der Waals surface area contributed by atoms with Crippen LogP contribution in [-0.2, 0) is 22.5 Å². The van der Waals surface area contributed by atoms with Crippen LogP contribution in [0.2, 0.25) is 6.82 Å². The zero-order valence-electron chi connectivity index (χ0n) is 42.4. The number of carboxylic acids is 2. The summed E-state index contributed by atoms with van der Waals surface area (Å²) in [5.41, 5.74) is 4.27. The van der Waals surface area contributed by atoms with Crippen molar-refractivity contribution in [2.24, 2.45) is 0 Å². The molecule has 4 aliphatic heterocycles. The van der Waals surface area contributed by atoms with Crippen molar-refractivity contribution < 1.29 is 52.4 Å². The van der Waals surface area contributed by atoms with Crippen LogP contribution >= 0.6 is 0 Å². The second-order valence-corrected chi connectivity index (χ2v) is 20.6. The first-order chi connectivity index (χ1) is 36.8. The predicted molar refractivity (Wildman–Crippen MR) is 292 cm³/mol. The van der Waals surface area contributed by atoms with E-state index >= 15 is 8.78 Å². The third-order valence-electron chi connectivity index (χ3n) is 15.6. The molecule has 17 nitrogen and oxygen atoms in total. The number of nitrogens with zero attached hydrogens (tertiary/aromatic N) is 6. The van der Waals surface area contributed by atoms with Crippen molar-refractivity contribution in [1.29, 1.82) is 0 Å². The summed E-state index contributed by atoms with van der Waals surface area (Å²) >= 11 is 0. The fourth-order valence-electron chi connectivity index (χ4n) is 11.0. The lowest BCUT2D eigenvalue weighted by molar-refractivity contribution is 0.0684. The van der Waals surface area contributed by atoms with Crippen LogP contribution in [0.25, 0.3) is 21.8 Å². The molecule has 6 aromatic rings. The Morgan fingerprint density at radius 3 is 1.68 bits per heavy atom. The van der Waals surface area contributed by atoms with Gasteiger partial charge in [0.1, 0.15) is 34.3 Å². The third-order valence-corrected chi connectivity index (χ3v) is 15.6. The fourth-order valence-corrected chi connectivity index (χ4v) is 11.0. The minimum Gasteiger partial charge on any atom is -0.494 e. The highest BCUT2D eigenvalue weighted by molar-refractivity contribution is 6.67. The van der Waals surface area contributed by atoms with E-state index in [-0.39, 0.29) is 48.3 Å². The highest BCUT2D eigenvalue weighted by Crippen LogP contribution is 2.40. The molecule has 4 fully saturated rings. The first kappa shape index (κ1) is 53.6. The van der Waals surface area contributed by atoms with Crippen LogP contribution in [0.3, 0.4) is 0 Å². The van der Waals surface area contributed by atoms with E-state index in [1.165, 1.54) is 35.6 Å². The fraction of sp³-hybridized carbons (Fsp3) is 0.429. The smallest absolute Gasteiger partial charge is 0.494 e. The van der Waals surface area contributed by atoms with Gasteiger partial charge in [0.2, 0.25) is 10.9 Å². The molecular weight excluding hydrogens is 992 g/mol. The Balaban J connectivity index is 0.000000172. The number of halogens is 2. The van der Waals surface area contributed by atoms with E-state index in [4.69, 9.17) is 18.8 Å². The number of piperazine rings is 2. The maximum absolute atomic E-state index is 15.2. The van der Waals surface area contributed by atoms with Crippen LogP contribution in [-0.4, -0.2) is 139 Å². The summed E-state index contributed by atoms with van der Waals surface area (Å²) in [5.74, 6) is -2.05.